The molecule has 27 heavy (non-hydrogen) atoms. The van der Waals surface area contributed by atoms with Gasteiger partial charge in [-0.1, -0.05) is 24.3 Å². The van der Waals surface area contributed by atoms with Crippen molar-refractivity contribution < 1.29 is 9.59 Å². The first-order chi connectivity index (χ1) is 13.2. The number of benzene rings is 2. The van der Waals surface area contributed by atoms with Crippen LogP contribution in [0.15, 0.2) is 67.0 Å². The molecule has 2 N–H and O–H groups in total. The van der Waals surface area contributed by atoms with Crippen LogP contribution < -0.4 is 10.6 Å². The van der Waals surface area contributed by atoms with Crippen LogP contribution in [0, 0.1) is 0 Å². The van der Waals surface area contributed by atoms with Crippen LogP contribution in [0.25, 0.3) is 11.1 Å². The first kappa shape index (κ1) is 17.0. The zero-order chi connectivity index (χ0) is 18.6. The lowest BCUT2D eigenvalue weighted by Gasteiger charge is -2.17. The highest BCUT2D eigenvalue weighted by atomic mass is 16.2. The number of hydrogen-bond donors (Lipinski definition) is 2. The molecule has 1 aliphatic heterocycles. The summed E-state index contributed by atoms with van der Waals surface area (Å²) in [5.74, 6) is -0.167. The monoisotopic (exact) mass is 357 g/mol. The molecule has 0 bridgehead atoms. The standard InChI is InChI=1S/C22H19N3O2/c26-21-7-6-17-4-5-19(13-20(17)25-21)22(27)24-14-15-2-1-3-18(12-15)16-8-10-23-11-9-16/h1-5,8-13H,6-7,14H2,(H,24,27)(H,25,26). The maximum Gasteiger partial charge on any atom is 0.251 e. The minimum absolute atomic E-state index is 0.00650. The lowest BCUT2D eigenvalue weighted by molar-refractivity contribution is -0.116. The lowest BCUT2D eigenvalue weighted by atomic mass is 10.0. The molecule has 0 atom stereocenters. The van der Waals surface area contributed by atoms with E-state index in [1.165, 1.54) is 0 Å². The molecule has 5 nitrogen and oxygen atoms in total. The molecule has 5 heteroatoms. The fourth-order valence-electron chi connectivity index (χ4n) is 3.20. The average Bonchev–Trinajstić information content (AvgIpc) is 2.72. The van der Waals surface area contributed by atoms with E-state index in [-0.39, 0.29) is 11.8 Å². The molecule has 0 saturated carbocycles. The van der Waals surface area contributed by atoms with E-state index in [0.717, 1.165) is 27.9 Å². The summed E-state index contributed by atoms with van der Waals surface area (Å²) in [6.07, 6.45) is 4.73. The number of anilines is 1. The molecule has 1 aliphatic rings. The highest BCUT2D eigenvalue weighted by Crippen LogP contribution is 2.24. The Kier molecular flexibility index (Phi) is 4.66. The second-order valence-electron chi connectivity index (χ2n) is 6.54. The number of carbonyl (C=O) groups is 2. The molecule has 0 fully saturated rings. The van der Waals surface area contributed by atoms with Crippen molar-refractivity contribution in [2.24, 2.45) is 0 Å². The highest BCUT2D eigenvalue weighted by Gasteiger charge is 2.16. The molecule has 2 amide bonds. The molecule has 0 unspecified atom stereocenters. The molecule has 4 rings (SSSR count). The van der Waals surface area contributed by atoms with Crippen molar-refractivity contribution in [3.8, 4) is 11.1 Å². The Labute approximate surface area is 157 Å². The van der Waals surface area contributed by atoms with Gasteiger partial charge in [0.15, 0.2) is 0 Å². The molecule has 134 valence electrons. The molecule has 0 saturated heterocycles. The number of nitrogens with one attached hydrogen (secondary N) is 2. The fraction of sp³-hybridized carbons (Fsp3) is 0.136. The molecule has 2 heterocycles. The van der Waals surface area contributed by atoms with Crippen LogP contribution in [0.2, 0.25) is 0 Å². The molecule has 0 spiro atoms. The second kappa shape index (κ2) is 7.41. The van der Waals surface area contributed by atoms with Gasteiger partial charge in [0.2, 0.25) is 5.91 Å². The first-order valence-electron chi connectivity index (χ1n) is 8.89. The zero-order valence-electron chi connectivity index (χ0n) is 14.7. The molecule has 1 aromatic heterocycles. The molecule has 3 aromatic rings. The average molecular weight is 357 g/mol. The van der Waals surface area contributed by atoms with Crippen LogP contribution in [0.5, 0.6) is 0 Å². The lowest BCUT2D eigenvalue weighted by Crippen LogP contribution is -2.24. The van der Waals surface area contributed by atoms with Crippen molar-refractivity contribution in [1.29, 1.82) is 0 Å². The Morgan fingerprint density at radius 1 is 1.00 bits per heavy atom. The summed E-state index contributed by atoms with van der Waals surface area (Å²) in [7, 11) is 0. The second-order valence-corrected chi connectivity index (χ2v) is 6.54. The van der Waals surface area contributed by atoms with Crippen LogP contribution in [-0.2, 0) is 17.8 Å². The van der Waals surface area contributed by atoms with Gasteiger partial charge in [-0.15, -0.1) is 0 Å². The number of carbonyl (C=O) groups excluding carboxylic acids is 2. The third-order valence-corrected chi connectivity index (χ3v) is 4.66. The Morgan fingerprint density at radius 3 is 2.70 bits per heavy atom. The SMILES string of the molecule is O=C1CCc2ccc(C(=O)NCc3cccc(-c4ccncc4)c3)cc2N1. The predicted molar refractivity (Wildman–Crippen MR) is 104 cm³/mol. The Balaban J connectivity index is 1.45. The third-order valence-electron chi connectivity index (χ3n) is 4.66. The quantitative estimate of drug-likeness (QED) is 0.750. The Morgan fingerprint density at radius 2 is 1.85 bits per heavy atom. The summed E-state index contributed by atoms with van der Waals surface area (Å²) in [6, 6.07) is 17.4. The summed E-state index contributed by atoms with van der Waals surface area (Å²) in [6.45, 7) is 0.432. The van der Waals surface area contributed by atoms with Crippen LogP contribution in [0.1, 0.15) is 27.9 Å². The summed E-state index contributed by atoms with van der Waals surface area (Å²) in [4.78, 5) is 28.1. The van der Waals surface area contributed by atoms with Crippen molar-refractivity contribution in [2.75, 3.05) is 5.32 Å². The molecule has 0 aliphatic carbocycles. The molecule has 0 radical (unpaired) electrons. The minimum atomic E-state index is -0.160. The van der Waals surface area contributed by atoms with Gasteiger partial charge < -0.3 is 10.6 Å². The number of nitrogens with zero attached hydrogens (tertiary/aromatic N) is 1. The predicted octanol–water partition coefficient (Wildman–Crippen LogP) is 3.56. The molecular weight excluding hydrogens is 338 g/mol. The van der Waals surface area contributed by atoms with Gasteiger partial charge in [-0.25, -0.2) is 0 Å². The Hall–Kier alpha value is -3.47. The van der Waals surface area contributed by atoms with Crippen molar-refractivity contribution in [3.05, 3.63) is 83.7 Å². The van der Waals surface area contributed by atoms with Crippen LogP contribution in [-0.4, -0.2) is 16.8 Å². The summed E-state index contributed by atoms with van der Waals surface area (Å²) in [5, 5.41) is 5.78. The summed E-state index contributed by atoms with van der Waals surface area (Å²) in [5.41, 5.74) is 5.53. The van der Waals surface area contributed by atoms with Crippen LogP contribution in [0.4, 0.5) is 5.69 Å². The van der Waals surface area contributed by atoms with Gasteiger partial charge in [0.25, 0.3) is 5.91 Å². The zero-order valence-corrected chi connectivity index (χ0v) is 14.7. The number of rotatable bonds is 4. The molecule has 2 aromatic carbocycles. The van der Waals surface area contributed by atoms with Crippen molar-refractivity contribution in [1.82, 2.24) is 10.3 Å². The maximum absolute atomic E-state index is 12.5. The van der Waals surface area contributed by atoms with E-state index < -0.39 is 0 Å². The first-order valence-corrected chi connectivity index (χ1v) is 8.89. The van der Waals surface area contributed by atoms with Gasteiger partial charge in [0, 0.05) is 36.6 Å². The van der Waals surface area contributed by atoms with E-state index in [4.69, 9.17) is 0 Å². The van der Waals surface area contributed by atoms with Gasteiger partial charge in [-0.2, -0.15) is 0 Å². The fourth-order valence-corrected chi connectivity index (χ4v) is 3.20. The number of pyridine rings is 1. The van der Waals surface area contributed by atoms with Gasteiger partial charge in [-0.3, -0.25) is 14.6 Å². The topological polar surface area (TPSA) is 71.1 Å². The van der Waals surface area contributed by atoms with Crippen molar-refractivity contribution in [2.45, 2.75) is 19.4 Å². The van der Waals surface area contributed by atoms with Crippen LogP contribution in [0.3, 0.4) is 0 Å². The highest BCUT2D eigenvalue weighted by molar-refractivity contribution is 5.99. The normalized spacial score (nSPS) is 12.8. The summed E-state index contributed by atoms with van der Waals surface area (Å²) < 4.78 is 0. The number of aromatic nitrogens is 1. The van der Waals surface area contributed by atoms with Gasteiger partial charge >= 0.3 is 0 Å². The number of amides is 2. The van der Waals surface area contributed by atoms with E-state index in [9.17, 15) is 9.59 Å². The number of hydrogen-bond acceptors (Lipinski definition) is 3. The number of fused-ring (bicyclic) bond motifs is 1. The van der Waals surface area contributed by atoms with E-state index in [2.05, 4.69) is 21.7 Å². The van der Waals surface area contributed by atoms with Gasteiger partial charge in [-0.05, 0) is 59.0 Å². The maximum atomic E-state index is 12.5. The van der Waals surface area contributed by atoms with E-state index in [0.29, 0.717) is 24.9 Å². The molecular formula is C22H19N3O2. The third kappa shape index (κ3) is 3.87. The van der Waals surface area contributed by atoms with E-state index >= 15 is 0 Å². The smallest absolute Gasteiger partial charge is 0.251 e. The summed E-state index contributed by atoms with van der Waals surface area (Å²) >= 11 is 0. The van der Waals surface area contributed by atoms with Gasteiger partial charge in [0.05, 0.1) is 0 Å². The van der Waals surface area contributed by atoms with Crippen LogP contribution >= 0.6 is 0 Å². The largest absolute Gasteiger partial charge is 0.348 e. The van der Waals surface area contributed by atoms with E-state index in [1.54, 1.807) is 24.5 Å². The Bertz CT molecular complexity index is 999. The van der Waals surface area contributed by atoms with Crippen molar-refractivity contribution in [3.63, 3.8) is 0 Å². The minimum Gasteiger partial charge on any atom is -0.348 e. The van der Waals surface area contributed by atoms with E-state index in [1.807, 2.05) is 36.4 Å². The van der Waals surface area contributed by atoms with Crippen molar-refractivity contribution >= 4 is 17.5 Å². The van der Waals surface area contributed by atoms with Gasteiger partial charge in [0.1, 0.15) is 0 Å². The number of aryl methyl sites for hydroxylation is 1.